The van der Waals surface area contributed by atoms with Crippen molar-refractivity contribution in [2.24, 2.45) is 0 Å². The third-order valence-electron chi connectivity index (χ3n) is 4.07. The van der Waals surface area contributed by atoms with Gasteiger partial charge in [-0.15, -0.1) is 0 Å². The highest BCUT2D eigenvalue weighted by atomic mass is 19.4. The van der Waals surface area contributed by atoms with E-state index in [1.165, 1.54) is 13.8 Å². The average Bonchev–Trinajstić information content (AvgIpc) is 2.45. The van der Waals surface area contributed by atoms with E-state index in [9.17, 15) is 43.9 Å². The molecule has 0 heterocycles. The van der Waals surface area contributed by atoms with Gasteiger partial charge in [-0.2, -0.15) is 26.3 Å². The van der Waals surface area contributed by atoms with Gasteiger partial charge in [0.15, 0.2) is 0 Å². The number of hydrogen-bond acceptors (Lipinski definition) is 0. The Labute approximate surface area is 155 Å². The van der Waals surface area contributed by atoms with Gasteiger partial charge in [0.05, 0.1) is 11.1 Å². The fraction of sp³-hybridized carbons (Fsp3) is 0.667. The molecular weight excluding hydrogens is 406 g/mol. The quantitative estimate of drug-likeness (QED) is 0.374. The molecule has 0 fully saturated rings. The Morgan fingerprint density at radius 2 is 0.857 bits per heavy atom. The lowest BCUT2D eigenvalue weighted by Gasteiger charge is -2.26. The number of hydrogen-bond donors (Lipinski definition) is 0. The summed E-state index contributed by atoms with van der Waals surface area (Å²) in [5.74, 6) is -7.32. The molecule has 1 aromatic rings. The third kappa shape index (κ3) is 6.55. The Kier molecular flexibility index (Phi) is 7.44. The second-order valence-electron chi connectivity index (χ2n) is 6.69. The van der Waals surface area contributed by atoms with Crippen molar-refractivity contribution in [1.29, 1.82) is 0 Å². The van der Waals surface area contributed by atoms with Gasteiger partial charge in [0, 0.05) is 25.7 Å². The molecule has 28 heavy (non-hydrogen) atoms. The maximum absolute atomic E-state index is 13.8. The van der Waals surface area contributed by atoms with Crippen molar-refractivity contribution in [3.8, 4) is 0 Å². The van der Waals surface area contributed by atoms with E-state index in [-0.39, 0.29) is 12.8 Å². The van der Waals surface area contributed by atoms with Crippen molar-refractivity contribution < 1.29 is 43.9 Å². The molecule has 0 N–H and O–H groups in total. The van der Waals surface area contributed by atoms with Crippen LogP contribution in [0.4, 0.5) is 43.9 Å². The van der Waals surface area contributed by atoms with E-state index in [0.717, 1.165) is 0 Å². The van der Waals surface area contributed by atoms with Crippen LogP contribution in [-0.2, 0) is 25.2 Å². The minimum Gasteiger partial charge on any atom is -0.207 e. The number of rotatable bonds is 8. The van der Waals surface area contributed by atoms with E-state index in [1.54, 1.807) is 0 Å². The highest BCUT2D eigenvalue weighted by molar-refractivity contribution is 5.46. The van der Waals surface area contributed by atoms with E-state index in [2.05, 4.69) is 0 Å². The lowest BCUT2D eigenvalue weighted by Crippen LogP contribution is -2.28. The molecule has 1 aromatic carbocycles. The second kappa shape index (κ2) is 8.49. The molecule has 0 spiro atoms. The number of alkyl halides is 10. The molecule has 0 atom stereocenters. The molecule has 0 aliphatic heterocycles. The Hall–Kier alpha value is -1.48. The van der Waals surface area contributed by atoms with Gasteiger partial charge >= 0.3 is 12.4 Å². The van der Waals surface area contributed by atoms with Gasteiger partial charge in [0.2, 0.25) is 0 Å². The first-order valence-corrected chi connectivity index (χ1v) is 8.59. The van der Waals surface area contributed by atoms with Gasteiger partial charge < -0.3 is 0 Å². The molecule has 10 heteroatoms. The second-order valence-corrected chi connectivity index (χ2v) is 6.69. The molecule has 0 aromatic heterocycles. The van der Waals surface area contributed by atoms with Crippen LogP contribution in [0.25, 0.3) is 0 Å². The highest BCUT2D eigenvalue weighted by Gasteiger charge is 2.48. The van der Waals surface area contributed by atoms with E-state index < -0.39 is 72.1 Å². The zero-order valence-corrected chi connectivity index (χ0v) is 15.2. The molecule has 0 saturated carbocycles. The molecular formula is C18H20F10. The Morgan fingerprint density at radius 3 is 1.07 bits per heavy atom. The zero-order valence-electron chi connectivity index (χ0n) is 15.2. The fourth-order valence-corrected chi connectivity index (χ4v) is 3.10. The summed E-state index contributed by atoms with van der Waals surface area (Å²) in [7, 11) is 0. The first-order chi connectivity index (χ1) is 12.5. The minimum absolute atomic E-state index is 0.0954. The van der Waals surface area contributed by atoms with Crippen LogP contribution in [-0.4, -0.2) is 11.8 Å². The summed E-state index contributed by atoms with van der Waals surface area (Å²) in [6.45, 7) is 2.69. The maximum Gasteiger partial charge on any atom is 0.417 e. The van der Waals surface area contributed by atoms with Crippen molar-refractivity contribution >= 4 is 0 Å². The van der Waals surface area contributed by atoms with Crippen LogP contribution in [0.15, 0.2) is 12.1 Å². The summed E-state index contributed by atoms with van der Waals surface area (Å²) in [6, 6.07) is 0.887. The molecule has 0 nitrogen and oxygen atoms in total. The predicted octanol–water partition coefficient (Wildman–Crippen LogP) is 7.68. The molecule has 162 valence electrons. The van der Waals surface area contributed by atoms with Crippen molar-refractivity contribution in [2.75, 3.05) is 0 Å². The van der Waals surface area contributed by atoms with Crippen LogP contribution in [0.1, 0.15) is 61.8 Å². The van der Waals surface area contributed by atoms with E-state index in [4.69, 9.17) is 0 Å². The smallest absolute Gasteiger partial charge is 0.207 e. The first kappa shape index (κ1) is 24.6. The molecule has 0 unspecified atom stereocenters. The third-order valence-corrected chi connectivity index (χ3v) is 4.07. The lowest BCUT2D eigenvalue weighted by atomic mass is 9.88. The van der Waals surface area contributed by atoms with Crippen molar-refractivity contribution in [2.45, 2.75) is 76.6 Å². The number of benzene rings is 1. The minimum atomic E-state index is -5.64. The summed E-state index contributed by atoms with van der Waals surface area (Å²) < 4.78 is 136. The van der Waals surface area contributed by atoms with Gasteiger partial charge in [0.25, 0.3) is 11.8 Å². The maximum atomic E-state index is 13.8. The summed E-state index contributed by atoms with van der Waals surface area (Å²) in [5.41, 5.74) is -7.16. The van der Waals surface area contributed by atoms with Crippen LogP contribution in [0.2, 0.25) is 0 Å². The number of halogens is 10. The predicted molar refractivity (Wildman–Crippen MR) is 83.6 cm³/mol. The Balaban J connectivity index is 3.67. The topological polar surface area (TPSA) is 0 Å². The van der Waals surface area contributed by atoms with Crippen LogP contribution < -0.4 is 0 Å². The molecule has 1 rings (SSSR count). The molecule has 0 bridgehead atoms. The van der Waals surface area contributed by atoms with Crippen molar-refractivity contribution in [3.05, 3.63) is 34.4 Å². The van der Waals surface area contributed by atoms with E-state index >= 15 is 0 Å². The molecule has 0 radical (unpaired) electrons. The average molecular weight is 426 g/mol. The van der Waals surface area contributed by atoms with Crippen molar-refractivity contribution in [1.82, 2.24) is 0 Å². The standard InChI is InChI=1S/C18H20F10/c1-3-7-15(19,20)9-11-5-6-12(10-16(21,22)8-4-2)14(18(26,27)28)13(11)17(23,24)25/h5-6H,3-4,7-10H2,1-2H3. The largest absolute Gasteiger partial charge is 0.417 e. The van der Waals surface area contributed by atoms with Crippen LogP contribution in [0, 0.1) is 0 Å². The van der Waals surface area contributed by atoms with Gasteiger partial charge in [0.1, 0.15) is 0 Å². The fourth-order valence-electron chi connectivity index (χ4n) is 3.10. The van der Waals surface area contributed by atoms with Crippen LogP contribution in [0.5, 0.6) is 0 Å². The molecule has 0 saturated heterocycles. The molecule has 0 aliphatic rings. The summed E-state index contributed by atoms with van der Waals surface area (Å²) >= 11 is 0. The van der Waals surface area contributed by atoms with Gasteiger partial charge in [-0.25, -0.2) is 17.6 Å². The monoisotopic (exact) mass is 426 g/mol. The normalized spacial score (nSPS) is 13.9. The SMILES string of the molecule is CCCC(F)(F)Cc1ccc(CC(F)(F)CCC)c(C(F)(F)F)c1C(F)(F)F. The van der Waals surface area contributed by atoms with Gasteiger partial charge in [-0.05, 0) is 11.1 Å². The molecule has 0 aliphatic carbocycles. The van der Waals surface area contributed by atoms with Crippen molar-refractivity contribution in [3.63, 3.8) is 0 Å². The summed E-state index contributed by atoms with van der Waals surface area (Å²) in [4.78, 5) is 0. The van der Waals surface area contributed by atoms with Gasteiger partial charge in [-0.3, -0.25) is 0 Å². The zero-order chi connectivity index (χ0) is 22.0. The van der Waals surface area contributed by atoms with Crippen LogP contribution in [0.3, 0.4) is 0 Å². The first-order valence-electron chi connectivity index (χ1n) is 8.59. The van der Waals surface area contributed by atoms with Crippen LogP contribution >= 0.6 is 0 Å². The van der Waals surface area contributed by atoms with E-state index in [1.807, 2.05) is 0 Å². The summed E-state index contributed by atoms with van der Waals surface area (Å²) in [5, 5.41) is 0. The lowest BCUT2D eigenvalue weighted by molar-refractivity contribution is -0.163. The Morgan fingerprint density at radius 1 is 0.571 bits per heavy atom. The van der Waals surface area contributed by atoms with E-state index in [0.29, 0.717) is 12.1 Å². The van der Waals surface area contributed by atoms with Gasteiger partial charge in [-0.1, -0.05) is 38.8 Å². The highest BCUT2D eigenvalue weighted by Crippen LogP contribution is 2.46. The Bertz CT molecular complexity index is 599. The molecule has 0 amide bonds. The summed E-state index contributed by atoms with van der Waals surface area (Å²) in [6.07, 6.45) is -16.2.